The lowest BCUT2D eigenvalue weighted by atomic mass is 9.98. The van der Waals surface area contributed by atoms with Gasteiger partial charge in [-0.3, -0.25) is 4.90 Å². The first-order valence-electron chi connectivity index (χ1n) is 8.79. The molecule has 3 rings (SSSR count). The van der Waals surface area contributed by atoms with Crippen LogP contribution in [-0.2, 0) is 4.74 Å². The predicted molar refractivity (Wildman–Crippen MR) is 83.0 cm³/mol. The Labute approximate surface area is 124 Å². The maximum atomic E-state index is 6.50. The number of nitrogens with zero attached hydrogens (tertiary/aromatic N) is 1. The second-order valence-corrected chi connectivity index (χ2v) is 7.65. The van der Waals surface area contributed by atoms with Crippen molar-refractivity contribution in [3.05, 3.63) is 0 Å². The number of hydrogen-bond donors (Lipinski definition) is 1. The molecule has 1 spiro atoms. The molecule has 0 aromatic rings. The van der Waals surface area contributed by atoms with Gasteiger partial charge in [0.05, 0.1) is 11.7 Å². The molecule has 2 unspecified atom stereocenters. The van der Waals surface area contributed by atoms with E-state index in [1.165, 1.54) is 58.0 Å². The molecule has 3 nitrogen and oxygen atoms in total. The monoisotopic (exact) mass is 280 g/mol. The van der Waals surface area contributed by atoms with E-state index >= 15 is 0 Å². The fourth-order valence-corrected chi connectivity index (χ4v) is 4.49. The summed E-state index contributed by atoms with van der Waals surface area (Å²) in [6.45, 7) is 9.35. The first-order chi connectivity index (χ1) is 9.67. The molecule has 0 aromatic heterocycles. The minimum absolute atomic E-state index is 0.298. The molecule has 1 aliphatic carbocycles. The highest BCUT2D eigenvalue weighted by atomic mass is 16.5. The van der Waals surface area contributed by atoms with Gasteiger partial charge in [0.15, 0.2) is 0 Å². The SMILES string of the molecule is CC(C)CC1CNCCN1CC1CCC2(CCCC2)O1. The standard InChI is InChI=1S/C17H32N2O/c1-14(2)11-15-12-18-9-10-19(15)13-16-5-8-17(20-16)6-3-4-7-17/h14-16,18H,3-13H2,1-2H3. The number of piperazine rings is 1. The van der Waals surface area contributed by atoms with Gasteiger partial charge in [0.2, 0.25) is 0 Å². The van der Waals surface area contributed by atoms with Crippen LogP contribution in [0.2, 0.25) is 0 Å². The van der Waals surface area contributed by atoms with E-state index in [4.69, 9.17) is 4.74 Å². The van der Waals surface area contributed by atoms with Crippen molar-refractivity contribution >= 4 is 0 Å². The zero-order valence-electron chi connectivity index (χ0n) is 13.4. The second kappa shape index (κ2) is 6.33. The normalized spacial score (nSPS) is 34.4. The maximum Gasteiger partial charge on any atom is 0.0710 e. The molecule has 3 heteroatoms. The van der Waals surface area contributed by atoms with Crippen LogP contribution >= 0.6 is 0 Å². The summed E-state index contributed by atoms with van der Waals surface area (Å²) in [5.41, 5.74) is 0.298. The second-order valence-electron chi connectivity index (χ2n) is 7.65. The minimum atomic E-state index is 0.298. The first-order valence-corrected chi connectivity index (χ1v) is 8.79. The van der Waals surface area contributed by atoms with Gasteiger partial charge in [-0.1, -0.05) is 26.7 Å². The number of ether oxygens (including phenoxy) is 1. The summed E-state index contributed by atoms with van der Waals surface area (Å²) in [6, 6.07) is 0.715. The van der Waals surface area contributed by atoms with Crippen molar-refractivity contribution in [3.63, 3.8) is 0 Å². The third kappa shape index (κ3) is 3.37. The highest BCUT2D eigenvalue weighted by Crippen LogP contribution is 2.43. The Bertz CT molecular complexity index is 312. The van der Waals surface area contributed by atoms with Crippen molar-refractivity contribution < 1.29 is 4.74 Å². The van der Waals surface area contributed by atoms with Crippen LogP contribution in [-0.4, -0.2) is 48.8 Å². The van der Waals surface area contributed by atoms with E-state index in [1.807, 2.05) is 0 Å². The summed E-state index contributed by atoms with van der Waals surface area (Å²) < 4.78 is 6.50. The van der Waals surface area contributed by atoms with Gasteiger partial charge in [-0.25, -0.2) is 0 Å². The quantitative estimate of drug-likeness (QED) is 0.857. The van der Waals surface area contributed by atoms with E-state index in [9.17, 15) is 0 Å². The molecule has 0 aromatic carbocycles. The van der Waals surface area contributed by atoms with Crippen LogP contribution in [0.3, 0.4) is 0 Å². The highest BCUT2D eigenvalue weighted by Gasteiger charge is 2.42. The van der Waals surface area contributed by atoms with Gasteiger partial charge in [0.25, 0.3) is 0 Å². The van der Waals surface area contributed by atoms with Gasteiger partial charge in [-0.15, -0.1) is 0 Å². The van der Waals surface area contributed by atoms with E-state index in [2.05, 4.69) is 24.1 Å². The van der Waals surface area contributed by atoms with Crippen molar-refractivity contribution in [3.8, 4) is 0 Å². The lowest BCUT2D eigenvalue weighted by molar-refractivity contribution is -0.0539. The van der Waals surface area contributed by atoms with E-state index in [-0.39, 0.29) is 0 Å². The number of hydrogen-bond acceptors (Lipinski definition) is 3. The molecule has 2 saturated heterocycles. The average Bonchev–Trinajstić information content (AvgIpc) is 3.02. The molecule has 2 heterocycles. The zero-order valence-corrected chi connectivity index (χ0v) is 13.4. The Kier molecular flexibility index (Phi) is 4.68. The summed E-state index contributed by atoms with van der Waals surface area (Å²) in [5.74, 6) is 0.785. The summed E-state index contributed by atoms with van der Waals surface area (Å²) in [6.07, 6.45) is 9.83. The molecule has 20 heavy (non-hydrogen) atoms. The van der Waals surface area contributed by atoms with Crippen LogP contribution in [0.5, 0.6) is 0 Å². The molecule has 1 N–H and O–H groups in total. The van der Waals surface area contributed by atoms with Gasteiger partial charge in [-0.05, 0) is 38.0 Å². The van der Waals surface area contributed by atoms with Crippen molar-refractivity contribution in [1.82, 2.24) is 10.2 Å². The molecule has 3 aliphatic rings. The molecule has 0 amide bonds. The van der Waals surface area contributed by atoms with Crippen LogP contribution < -0.4 is 5.32 Å². The first kappa shape index (κ1) is 14.8. The van der Waals surface area contributed by atoms with E-state index in [0.29, 0.717) is 17.7 Å². The van der Waals surface area contributed by atoms with Crippen molar-refractivity contribution in [2.45, 2.75) is 76.5 Å². The summed E-state index contributed by atoms with van der Waals surface area (Å²) in [5, 5.41) is 3.56. The van der Waals surface area contributed by atoms with Crippen molar-refractivity contribution in [1.29, 1.82) is 0 Å². The smallest absolute Gasteiger partial charge is 0.0710 e. The van der Waals surface area contributed by atoms with Gasteiger partial charge in [-0.2, -0.15) is 0 Å². The molecule has 3 fully saturated rings. The lowest BCUT2D eigenvalue weighted by Gasteiger charge is -2.38. The summed E-state index contributed by atoms with van der Waals surface area (Å²) in [4.78, 5) is 2.70. The van der Waals surface area contributed by atoms with Gasteiger partial charge in [0, 0.05) is 32.2 Å². The van der Waals surface area contributed by atoms with Crippen LogP contribution in [0.15, 0.2) is 0 Å². The molecule has 2 atom stereocenters. The lowest BCUT2D eigenvalue weighted by Crippen LogP contribution is -2.53. The van der Waals surface area contributed by atoms with E-state index in [0.717, 1.165) is 19.0 Å². The van der Waals surface area contributed by atoms with Gasteiger partial charge in [0.1, 0.15) is 0 Å². The fourth-order valence-electron chi connectivity index (χ4n) is 4.49. The van der Waals surface area contributed by atoms with Crippen LogP contribution in [0.1, 0.15) is 58.8 Å². The van der Waals surface area contributed by atoms with Crippen LogP contribution in [0.4, 0.5) is 0 Å². The van der Waals surface area contributed by atoms with Crippen LogP contribution in [0.25, 0.3) is 0 Å². The third-order valence-electron chi connectivity index (χ3n) is 5.51. The number of rotatable bonds is 4. The third-order valence-corrected chi connectivity index (χ3v) is 5.51. The van der Waals surface area contributed by atoms with Crippen molar-refractivity contribution in [2.24, 2.45) is 5.92 Å². The molecular formula is C17H32N2O. The molecule has 0 radical (unpaired) electrons. The Balaban J connectivity index is 1.53. The Hall–Kier alpha value is -0.120. The van der Waals surface area contributed by atoms with Gasteiger partial charge < -0.3 is 10.1 Å². The minimum Gasteiger partial charge on any atom is -0.370 e. The molecule has 116 valence electrons. The average molecular weight is 280 g/mol. The Morgan fingerprint density at radius 3 is 2.80 bits per heavy atom. The number of nitrogens with one attached hydrogen (secondary N) is 1. The Morgan fingerprint density at radius 2 is 2.05 bits per heavy atom. The summed E-state index contributed by atoms with van der Waals surface area (Å²) in [7, 11) is 0. The molecule has 0 bridgehead atoms. The molecular weight excluding hydrogens is 248 g/mol. The highest BCUT2D eigenvalue weighted by molar-refractivity contribution is 4.94. The van der Waals surface area contributed by atoms with Crippen molar-refractivity contribution in [2.75, 3.05) is 26.2 Å². The fraction of sp³-hybridized carbons (Fsp3) is 1.00. The maximum absolute atomic E-state index is 6.50. The largest absolute Gasteiger partial charge is 0.370 e. The van der Waals surface area contributed by atoms with Crippen LogP contribution in [0, 0.1) is 5.92 Å². The van der Waals surface area contributed by atoms with E-state index in [1.54, 1.807) is 0 Å². The zero-order chi connectivity index (χ0) is 14.0. The Morgan fingerprint density at radius 1 is 1.25 bits per heavy atom. The molecule has 2 aliphatic heterocycles. The topological polar surface area (TPSA) is 24.5 Å². The summed E-state index contributed by atoms with van der Waals surface area (Å²) >= 11 is 0. The predicted octanol–water partition coefficient (Wildman–Crippen LogP) is 2.80. The van der Waals surface area contributed by atoms with Gasteiger partial charge >= 0.3 is 0 Å². The van der Waals surface area contributed by atoms with E-state index < -0.39 is 0 Å². The molecule has 1 saturated carbocycles.